The van der Waals surface area contributed by atoms with Gasteiger partial charge in [0, 0.05) is 23.4 Å². The van der Waals surface area contributed by atoms with Crippen LogP contribution in [0, 0.1) is 10.1 Å². The van der Waals surface area contributed by atoms with E-state index in [0.29, 0.717) is 21.4 Å². The number of nitrogens with zero attached hydrogens (tertiary/aromatic N) is 2. The number of nitrogens with one attached hydrogen (secondary N) is 1. The largest absolute Gasteiger partial charge is 0.482 e. The van der Waals surface area contributed by atoms with E-state index in [0.717, 1.165) is 0 Å². The van der Waals surface area contributed by atoms with E-state index < -0.39 is 10.8 Å². The van der Waals surface area contributed by atoms with Crippen molar-refractivity contribution in [2.24, 2.45) is 5.10 Å². The number of benzene rings is 2. The second-order valence-corrected chi connectivity index (χ2v) is 5.73. The summed E-state index contributed by atoms with van der Waals surface area (Å²) < 4.78 is 5.26. The summed E-state index contributed by atoms with van der Waals surface area (Å²) in [6, 6.07) is 10.8. The molecule has 7 nitrogen and oxygen atoms in total. The van der Waals surface area contributed by atoms with Crippen LogP contribution in [0.4, 0.5) is 5.69 Å². The number of allylic oxidation sites excluding steroid dienone is 1. The molecule has 1 amide bonds. The molecule has 0 aliphatic rings. The molecule has 0 atom stereocenters. The molecular weight excluding hydrogens is 381 g/mol. The van der Waals surface area contributed by atoms with Gasteiger partial charge in [-0.3, -0.25) is 14.9 Å². The first kappa shape index (κ1) is 19.4. The lowest BCUT2D eigenvalue weighted by Gasteiger charge is -2.06. The van der Waals surface area contributed by atoms with Crippen LogP contribution in [0.2, 0.25) is 10.0 Å². The van der Waals surface area contributed by atoms with E-state index in [2.05, 4.69) is 10.5 Å². The standard InChI is InChI=1S/C17H13Cl2N3O4/c18-13-6-7-16(15(19)10-13)26-11-17(23)21-20-8-2-4-12-3-1-5-14(9-12)22(24)25/h1-10H,11H2,(H,21,23)/b4-2+,20-8+. The Morgan fingerprint density at radius 2 is 2.08 bits per heavy atom. The Balaban J connectivity index is 1.79. The van der Waals surface area contributed by atoms with E-state index in [4.69, 9.17) is 27.9 Å². The fraction of sp³-hybridized carbons (Fsp3) is 0.0588. The molecule has 26 heavy (non-hydrogen) atoms. The summed E-state index contributed by atoms with van der Waals surface area (Å²) in [5.74, 6) is -0.142. The molecule has 0 aliphatic heterocycles. The van der Waals surface area contributed by atoms with Crippen LogP contribution in [0.25, 0.3) is 6.08 Å². The van der Waals surface area contributed by atoms with Crippen molar-refractivity contribution in [3.05, 3.63) is 74.3 Å². The van der Waals surface area contributed by atoms with Gasteiger partial charge in [-0.05, 0) is 29.8 Å². The molecule has 0 unspecified atom stereocenters. The average molecular weight is 394 g/mol. The van der Waals surface area contributed by atoms with Crippen molar-refractivity contribution in [1.29, 1.82) is 0 Å². The van der Waals surface area contributed by atoms with Gasteiger partial charge < -0.3 is 4.74 Å². The van der Waals surface area contributed by atoms with Crippen molar-refractivity contribution < 1.29 is 14.5 Å². The number of carbonyl (C=O) groups is 1. The van der Waals surface area contributed by atoms with Crippen LogP contribution in [0.5, 0.6) is 5.75 Å². The third-order valence-electron chi connectivity index (χ3n) is 2.97. The van der Waals surface area contributed by atoms with Crippen molar-refractivity contribution in [3.63, 3.8) is 0 Å². The van der Waals surface area contributed by atoms with Crippen molar-refractivity contribution in [1.82, 2.24) is 5.43 Å². The summed E-state index contributed by atoms with van der Waals surface area (Å²) in [7, 11) is 0. The highest BCUT2D eigenvalue weighted by molar-refractivity contribution is 6.35. The number of rotatable bonds is 7. The summed E-state index contributed by atoms with van der Waals surface area (Å²) in [6.45, 7) is -0.271. The first-order valence-corrected chi connectivity index (χ1v) is 8.02. The molecule has 0 heterocycles. The number of nitro benzene ring substituents is 1. The van der Waals surface area contributed by atoms with Crippen LogP contribution in [-0.4, -0.2) is 23.7 Å². The number of nitro groups is 1. The maximum Gasteiger partial charge on any atom is 0.277 e. The molecule has 0 fully saturated rings. The maximum absolute atomic E-state index is 11.6. The Bertz CT molecular complexity index is 869. The molecule has 134 valence electrons. The molecule has 2 aromatic carbocycles. The van der Waals surface area contributed by atoms with Crippen LogP contribution in [0.3, 0.4) is 0 Å². The smallest absolute Gasteiger partial charge is 0.277 e. The predicted octanol–water partition coefficient (Wildman–Crippen LogP) is 4.10. The fourth-order valence-corrected chi connectivity index (χ4v) is 2.28. The zero-order valence-corrected chi connectivity index (χ0v) is 14.8. The van der Waals surface area contributed by atoms with Crippen molar-refractivity contribution in [3.8, 4) is 5.75 Å². The van der Waals surface area contributed by atoms with Crippen LogP contribution in [-0.2, 0) is 4.79 Å². The first-order chi connectivity index (χ1) is 12.5. The van der Waals surface area contributed by atoms with E-state index in [1.807, 2.05) is 0 Å². The Morgan fingerprint density at radius 3 is 2.81 bits per heavy atom. The average Bonchev–Trinajstić information content (AvgIpc) is 2.61. The van der Waals surface area contributed by atoms with Gasteiger partial charge in [0.1, 0.15) is 5.75 Å². The lowest BCUT2D eigenvalue weighted by atomic mass is 10.2. The molecule has 0 bridgehead atoms. The second kappa shape index (κ2) is 9.55. The van der Waals surface area contributed by atoms with Gasteiger partial charge in [-0.25, -0.2) is 5.43 Å². The Morgan fingerprint density at radius 1 is 1.27 bits per heavy atom. The minimum absolute atomic E-state index is 0.00426. The maximum atomic E-state index is 11.6. The molecule has 0 aliphatic carbocycles. The van der Waals surface area contributed by atoms with E-state index in [1.54, 1.807) is 30.3 Å². The monoisotopic (exact) mass is 393 g/mol. The zero-order valence-electron chi connectivity index (χ0n) is 13.3. The van der Waals surface area contributed by atoms with Crippen LogP contribution >= 0.6 is 23.2 Å². The second-order valence-electron chi connectivity index (χ2n) is 4.89. The number of non-ortho nitro benzene ring substituents is 1. The normalized spacial score (nSPS) is 11.0. The van der Waals surface area contributed by atoms with E-state index >= 15 is 0 Å². The summed E-state index contributed by atoms with van der Waals surface area (Å²) in [4.78, 5) is 21.8. The molecule has 2 aromatic rings. The molecule has 0 radical (unpaired) electrons. The third kappa shape index (κ3) is 6.19. The molecule has 0 aromatic heterocycles. The lowest BCUT2D eigenvalue weighted by molar-refractivity contribution is -0.384. The number of amides is 1. The van der Waals surface area contributed by atoms with Gasteiger partial charge in [0.25, 0.3) is 11.6 Å². The number of carbonyl (C=O) groups excluding carboxylic acids is 1. The predicted molar refractivity (Wildman–Crippen MR) is 101 cm³/mol. The molecule has 2 rings (SSSR count). The molecule has 9 heteroatoms. The molecular formula is C17H13Cl2N3O4. The number of hydrazone groups is 1. The number of hydrogen-bond donors (Lipinski definition) is 1. The van der Waals surface area contributed by atoms with Crippen molar-refractivity contribution in [2.45, 2.75) is 0 Å². The van der Waals surface area contributed by atoms with Gasteiger partial charge in [-0.1, -0.05) is 41.4 Å². The Kier molecular flexibility index (Phi) is 7.13. The van der Waals surface area contributed by atoms with Crippen molar-refractivity contribution >= 4 is 47.1 Å². The van der Waals surface area contributed by atoms with Crippen LogP contribution in [0.15, 0.2) is 53.6 Å². The number of halogens is 2. The minimum Gasteiger partial charge on any atom is -0.482 e. The Hall–Kier alpha value is -2.90. The molecule has 1 N–H and O–H groups in total. The van der Waals surface area contributed by atoms with Gasteiger partial charge in [-0.15, -0.1) is 0 Å². The fourth-order valence-electron chi connectivity index (χ4n) is 1.82. The third-order valence-corrected chi connectivity index (χ3v) is 3.50. The lowest BCUT2D eigenvalue weighted by Crippen LogP contribution is -2.24. The quantitative estimate of drug-likeness (QED) is 0.435. The van der Waals surface area contributed by atoms with Gasteiger partial charge in [0.15, 0.2) is 6.61 Å². The van der Waals surface area contributed by atoms with Gasteiger partial charge in [0.2, 0.25) is 0 Å². The molecule has 0 saturated carbocycles. The summed E-state index contributed by atoms with van der Waals surface area (Å²) in [6.07, 6.45) is 4.49. The van der Waals surface area contributed by atoms with Crippen LogP contribution in [0.1, 0.15) is 5.56 Å². The van der Waals surface area contributed by atoms with Crippen LogP contribution < -0.4 is 10.2 Å². The van der Waals surface area contributed by atoms with Gasteiger partial charge in [-0.2, -0.15) is 5.10 Å². The molecule has 0 spiro atoms. The zero-order chi connectivity index (χ0) is 18.9. The summed E-state index contributed by atoms with van der Waals surface area (Å²) in [5, 5.41) is 15.2. The van der Waals surface area contributed by atoms with Gasteiger partial charge in [0.05, 0.1) is 9.95 Å². The highest BCUT2D eigenvalue weighted by Gasteiger charge is 2.06. The van der Waals surface area contributed by atoms with Crippen molar-refractivity contribution in [2.75, 3.05) is 6.61 Å². The van der Waals surface area contributed by atoms with E-state index in [9.17, 15) is 14.9 Å². The first-order valence-electron chi connectivity index (χ1n) is 7.26. The summed E-state index contributed by atoms with van der Waals surface area (Å²) in [5.41, 5.74) is 2.91. The SMILES string of the molecule is O=C(COc1ccc(Cl)cc1Cl)N/N=C/C=C/c1cccc([N+](=O)[O-])c1. The topological polar surface area (TPSA) is 93.8 Å². The Labute approximate surface area is 159 Å². The summed E-state index contributed by atoms with van der Waals surface area (Å²) >= 11 is 11.7. The highest BCUT2D eigenvalue weighted by atomic mass is 35.5. The van der Waals surface area contributed by atoms with E-state index in [1.165, 1.54) is 30.5 Å². The van der Waals surface area contributed by atoms with E-state index in [-0.39, 0.29) is 12.3 Å². The molecule has 0 saturated heterocycles. The minimum atomic E-state index is -0.476. The highest BCUT2D eigenvalue weighted by Crippen LogP contribution is 2.27. The number of hydrogen-bond acceptors (Lipinski definition) is 5. The number of ether oxygens (including phenoxy) is 1. The van der Waals surface area contributed by atoms with Gasteiger partial charge >= 0.3 is 0 Å².